The molecule has 1 heterocycles. The molecule has 3 nitrogen and oxygen atoms in total. The van der Waals surface area contributed by atoms with Gasteiger partial charge in [0, 0.05) is 12.5 Å². The van der Waals surface area contributed by atoms with Crippen molar-refractivity contribution in [2.75, 3.05) is 0 Å². The highest BCUT2D eigenvalue weighted by Gasteiger charge is 2.24. The molecule has 0 amide bonds. The van der Waals surface area contributed by atoms with Crippen LogP contribution in [-0.2, 0) is 13.0 Å². The van der Waals surface area contributed by atoms with Crippen LogP contribution in [0, 0.1) is 5.92 Å². The monoisotopic (exact) mass is 194 g/mol. The first-order valence-electron chi connectivity index (χ1n) is 5.45. The van der Waals surface area contributed by atoms with Gasteiger partial charge < -0.3 is 9.73 Å². The molecule has 1 N–H and O–H groups in total. The van der Waals surface area contributed by atoms with E-state index >= 15 is 0 Å². The number of aryl methyl sites for hydroxylation is 1. The lowest BCUT2D eigenvalue weighted by Gasteiger charge is -2.33. The third kappa shape index (κ3) is 2.15. The van der Waals surface area contributed by atoms with Crippen molar-refractivity contribution in [2.24, 2.45) is 5.92 Å². The van der Waals surface area contributed by atoms with Gasteiger partial charge in [-0.3, -0.25) is 0 Å². The molecular formula is C11H18N2O. The summed E-state index contributed by atoms with van der Waals surface area (Å²) in [6.45, 7) is 5.14. The van der Waals surface area contributed by atoms with Gasteiger partial charge in [-0.15, -0.1) is 0 Å². The van der Waals surface area contributed by atoms with E-state index in [1.54, 1.807) is 0 Å². The fourth-order valence-electron chi connectivity index (χ4n) is 1.89. The Balaban J connectivity index is 1.75. The molecule has 1 aliphatic rings. The SMILES string of the molecule is CCc1cnc(CNC2CC(C)C2)o1. The number of nitrogens with one attached hydrogen (secondary N) is 1. The zero-order valence-electron chi connectivity index (χ0n) is 8.92. The summed E-state index contributed by atoms with van der Waals surface area (Å²) in [6.07, 6.45) is 5.33. The predicted molar refractivity (Wildman–Crippen MR) is 54.9 cm³/mol. The van der Waals surface area contributed by atoms with E-state index in [9.17, 15) is 0 Å². The molecule has 1 aliphatic carbocycles. The Morgan fingerprint density at radius 3 is 2.93 bits per heavy atom. The van der Waals surface area contributed by atoms with Crippen LogP contribution < -0.4 is 5.32 Å². The van der Waals surface area contributed by atoms with E-state index in [1.807, 2.05) is 6.20 Å². The van der Waals surface area contributed by atoms with Crippen molar-refractivity contribution in [3.8, 4) is 0 Å². The quantitative estimate of drug-likeness (QED) is 0.798. The van der Waals surface area contributed by atoms with Crippen LogP contribution in [0.15, 0.2) is 10.6 Å². The second-order valence-electron chi connectivity index (χ2n) is 4.23. The summed E-state index contributed by atoms with van der Waals surface area (Å²) in [5.41, 5.74) is 0. The van der Waals surface area contributed by atoms with Crippen LogP contribution in [0.1, 0.15) is 38.3 Å². The number of nitrogens with zero attached hydrogens (tertiary/aromatic N) is 1. The molecule has 1 saturated carbocycles. The summed E-state index contributed by atoms with van der Waals surface area (Å²) >= 11 is 0. The van der Waals surface area contributed by atoms with Gasteiger partial charge in [-0.2, -0.15) is 0 Å². The van der Waals surface area contributed by atoms with Gasteiger partial charge in [0.05, 0.1) is 12.7 Å². The molecule has 3 heteroatoms. The van der Waals surface area contributed by atoms with E-state index in [4.69, 9.17) is 4.42 Å². The summed E-state index contributed by atoms with van der Waals surface area (Å²) in [4.78, 5) is 4.21. The fourth-order valence-corrected chi connectivity index (χ4v) is 1.89. The van der Waals surface area contributed by atoms with Crippen LogP contribution in [-0.4, -0.2) is 11.0 Å². The number of aromatic nitrogens is 1. The second-order valence-corrected chi connectivity index (χ2v) is 4.23. The Bertz CT molecular complexity index is 289. The Morgan fingerprint density at radius 1 is 1.57 bits per heavy atom. The molecule has 0 saturated heterocycles. The lowest BCUT2D eigenvalue weighted by Crippen LogP contribution is -2.39. The minimum Gasteiger partial charge on any atom is -0.444 e. The average molecular weight is 194 g/mol. The summed E-state index contributed by atoms with van der Waals surface area (Å²) < 4.78 is 5.51. The lowest BCUT2D eigenvalue weighted by molar-refractivity contribution is 0.233. The average Bonchev–Trinajstić information content (AvgIpc) is 2.58. The predicted octanol–water partition coefficient (Wildman–Crippen LogP) is 2.13. The van der Waals surface area contributed by atoms with Crippen molar-refractivity contribution >= 4 is 0 Å². The first kappa shape index (κ1) is 9.71. The Hall–Kier alpha value is -0.830. The van der Waals surface area contributed by atoms with Gasteiger partial charge in [-0.25, -0.2) is 4.98 Å². The Labute approximate surface area is 84.9 Å². The van der Waals surface area contributed by atoms with Crippen molar-refractivity contribution in [1.29, 1.82) is 0 Å². The molecule has 1 aromatic heterocycles. The zero-order valence-corrected chi connectivity index (χ0v) is 8.92. The number of hydrogen-bond donors (Lipinski definition) is 1. The van der Waals surface area contributed by atoms with Crippen molar-refractivity contribution in [3.63, 3.8) is 0 Å². The lowest BCUT2D eigenvalue weighted by atomic mass is 9.82. The van der Waals surface area contributed by atoms with Gasteiger partial charge in [0.15, 0.2) is 0 Å². The van der Waals surface area contributed by atoms with E-state index in [-0.39, 0.29) is 0 Å². The zero-order chi connectivity index (χ0) is 9.97. The van der Waals surface area contributed by atoms with Gasteiger partial charge >= 0.3 is 0 Å². The first-order valence-corrected chi connectivity index (χ1v) is 5.45. The molecular weight excluding hydrogens is 176 g/mol. The maximum Gasteiger partial charge on any atom is 0.208 e. The number of rotatable bonds is 4. The van der Waals surface area contributed by atoms with Crippen molar-refractivity contribution < 1.29 is 4.42 Å². The van der Waals surface area contributed by atoms with Crippen LogP contribution >= 0.6 is 0 Å². The van der Waals surface area contributed by atoms with E-state index in [0.717, 1.165) is 30.5 Å². The fraction of sp³-hybridized carbons (Fsp3) is 0.727. The van der Waals surface area contributed by atoms with E-state index in [1.165, 1.54) is 12.8 Å². The maximum atomic E-state index is 5.51. The van der Waals surface area contributed by atoms with Gasteiger partial charge in [0.2, 0.25) is 5.89 Å². The third-order valence-corrected chi connectivity index (χ3v) is 2.87. The Kier molecular flexibility index (Phi) is 2.87. The van der Waals surface area contributed by atoms with Gasteiger partial charge in [-0.05, 0) is 18.8 Å². The highest BCUT2D eigenvalue weighted by atomic mass is 16.4. The molecule has 0 aliphatic heterocycles. The molecule has 14 heavy (non-hydrogen) atoms. The van der Waals surface area contributed by atoms with Crippen molar-refractivity contribution in [3.05, 3.63) is 17.8 Å². The molecule has 0 atom stereocenters. The van der Waals surface area contributed by atoms with Crippen molar-refractivity contribution in [2.45, 2.75) is 45.7 Å². The highest BCUT2D eigenvalue weighted by molar-refractivity contribution is 4.94. The number of hydrogen-bond acceptors (Lipinski definition) is 3. The van der Waals surface area contributed by atoms with E-state index in [0.29, 0.717) is 6.04 Å². The standard InChI is InChI=1S/C11H18N2O/c1-3-10-6-13-11(14-10)7-12-9-4-8(2)5-9/h6,8-9,12H,3-5,7H2,1-2H3. The molecule has 0 spiro atoms. The highest BCUT2D eigenvalue weighted by Crippen LogP contribution is 2.26. The minimum absolute atomic E-state index is 0.682. The van der Waals surface area contributed by atoms with Gasteiger partial charge in [0.25, 0.3) is 0 Å². The van der Waals surface area contributed by atoms with Crippen LogP contribution in [0.25, 0.3) is 0 Å². The molecule has 0 radical (unpaired) electrons. The Morgan fingerprint density at radius 2 is 2.36 bits per heavy atom. The van der Waals surface area contributed by atoms with Crippen LogP contribution in [0.4, 0.5) is 0 Å². The van der Waals surface area contributed by atoms with Gasteiger partial charge in [0.1, 0.15) is 5.76 Å². The van der Waals surface area contributed by atoms with Gasteiger partial charge in [-0.1, -0.05) is 13.8 Å². The molecule has 78 valence electrons. The summed E-state index contributed by atoms with van der Waals surface area (Å²) in [6, 6.07) is 0.682. The molecule has 0 bridgehead atoms. The molecule has 1 fully saturated rings. The van der Waals surface area contributed by atoms with E-state index in [2.05, 4.69) is 24.1 Å². The van der Waals surface area contributed by atoms with Crippen molar-refractivity contribution in [1.82, 2.24) is 10.3 Å². The third-order valence-electron chi connectivity index (χ3n) is 2.87. The molecule has 0 aromatic carbocycles. The first-order chi connectivity index (χ1) is 6.78. The maximum absolute atomic E-state index is 5.51. The second kappa shape index (κ2) is 4.13. The summed E-state index contributed by atoms with van der Waals surface area (Å²) in [5, 5.41) is 3.45. The molecule has 0 unspecified atom stereocenters. The molecule has 1 aromatic rings. The topological polar surface area (TPSA) is 38.1 Å². The van der Waals surface area contributed by atoms with Crippen LogP contribution in [0.5, 0.6) is 0 Å². The number of oxazole rings is 1. The summed E-state index contributed by atoms with van der Waals surface area (Å²) in [5.74, 6) is 2.69. The smallest absolute Gasteiger partial charge is 0.208 e. The van der Waals surface area contributed by atoms with Crippen LogP contribution in [0.3, 0.4) is 0 Å². The minimum atomic E-state index is 0.682. The molecule has 2 rings (SSSR count). The summed E-state index contributed by atoms with van der Waals surface area (Å²) in [7, 11) is 0. The van der Waals surface area contributed by atoms with Crippen LogP contribution in [0.2, 0.25) is 0 Å². The normalized spacial score (nSPS) is 26.1. The van der Waals surface area contributed by atoms with E-state index < -0.39 is 0 Å². The largest absolute Gasteiger partial charge is 0.444 e.